The highest BCUT2D eigenvalue weighted by Crippen LogP contribution is 2.01. The number of carbonyl (C=O) groups excluding carboxylic acids is 2. The van der Waals surface area contributed by atoms with Gasteiger partial charge in [0.1, 0.15) is 6.61 Å². The Kier molecular flexibility index (Phi) is 6.60. The maximum absolute atomic E-state index is 11.8. The van der Waals surface area contributed by atoms with Gasteiger partial charge in [0.25, 0.3) is 5.91 Å². The van der Waals surface area contributed by atoms with Crippen molar-refractivity contribution < 1.29 is 14.3 Å². The van der Waals surface area contributed by atoms with Gasteiger partial charge in [-0.25, -0.2) is 0 Å². The quantitative estimate of drug-likeness (QED) is 0.800. The second-order valence-electron chi connectivity index (χ2n) is 4.87. The van der Waals surface area contributed by atoms with E-state index in [1.807, 2.05) is 42.5 Å². The molecule has 0 aliphatic heterocycles. The predicted octanol–water partition coefficient (Wildman–Crippen LogP) is 3.06. The second-order valence-corrected chi connectivity index (χ2v) is 4.87. The number of esters is 1. The third kappa shape index (κ3) is 6.18. The summed E-state index contributed by atoms with van der Waals surface area (Å²) < 4.78 is 5.07. The van der Waals surface area contributed by atoms with Gasteiger partial charge in [0, 0.05) is 12.1 Å². The molecule has 0 aliphatic carbocycles. The number of nitrogens with one attached hydrogen (secondary N) is 1. The predicted molar refractivity (Wildman–Crippen MR) is 89.8 cm³/mol. The average molecular weight is 309 g/mol. The smallest absolute Gasteiger partial charge is 0.307 e. The largest absolute Gasteiger partial charge is 0.461 e. The van der Waals surface area contributed by atoms with Crippen LogP contribution in [0.2, 0.25) is 0 Å². The van der Waals surface area contributed by atoms with Crippen LogP contribution in [-0.2, 0) is 9.53 Å². The Morgan fingerprint density at radius 3 is 2.30 bits per heavy atom. The zero-order valence-electron chi connectivity index (χ0n) is 12.8. The van der Waals surface area contributed by atoms with Crippen LogP contribution in [0.3, 0.4) is 0 Å². The first-order valence-corrected chi connectivity index (χ1v) is 7.46. The van der Waals surface area contributed by atoms with Gasteiger partial charge in [-0.05, 0) is 23.8 Å². The standard InChI is InChI=1S/C19H19NO3/c21-18(23-15-7-10-16-8-3-1-4-9-16)13-14-20-19(22)17-11-5-2-6-12-17/h1-12H,13-15H2,(H,20,22). The summed E-state index contributed by atoms with van der Waals surface area (Å²) in [5, 5.41) is 2.69. The first-order chi connectivity index (χ1) is 11.3. The van der Waals surface area contributed by atoms with Crippen molar-refractivity contribution in [2.45, 2.75) is 6.42 Å². The fraction of sp³-hybridized carbons (Fsp3) is 0.158. The summed E-state index contributed by atoms with van der Waals surface area (Å²) in [6, 6.07) is 18.7. The highest BCUT2D eigenvalue weighted by Gasteiger charge is 2.06. The molecule has 0 unspecified atom stereocenters. The number of hydrogen-bond acceptors (Lipinski definition) is 3. The lowest BCUT2D eigenvalue weighted by Crippen LogP contribution is -2.26. The van der Waals surface area contributed by atoms with Crippen molar-refractivity contribution in [3.63, 3.8) is 0 Å². The van der Waals surface area contributed by atoms with Crippen LogP contribution in [0.5, 0.6) is 0 Å². The van der Waals surface area contributed by atoms with E-state index in [0.717, 1.165) is 5.56 Å². The van der Waals surface area contributed by atoms with E-state index in [1.54, 1.807) is 30.3 Å². The van der Waals surface area contributed by atoms with Gasteiger partial charge in [0.2, 0.25) is 0 Å². The summed E-state index contributed by atoms with van der Waals surface area (Å²) in [6.07, 6.45) is 3.83. The van der Waals surface area contributed by atoms with E-state index in [9.17, 15) is 9.59 Å². The van der Waals surface area contributed by atoms with E-state index < -0.39 is 0 Å². The summed E-state index contributed by atoms with van der Waals surface area (Å²) in [5.74, 6) is -0.529. The number of ether oxygens (including phenoxy) is 1. The number of hydrogen-bond donors (Lipinski definition) is 1. The van der Waals surface area contributed by atoms with Crippen LogP contribution >= 0.6 is 0 Å². The van der Waals surface area contributed by atoms with Crippen LogP contribution in [0.25, 0.3) is 6.08 Å². The molecular weight excluding hydrogens is 290 g/mol. The Labute approximate surface area is 135 Å². The normalized spacial score (nSPS) is 10.4. The summed E-state index contributed by atoms with van der Waals surface area (Å²) in [6.45, 7) is 0.481. The van der Waals surface area contributed by atoms with Crippen molar-refractivity contribution in [2.24, 2.45) is 0 Å². The lowest BCUT2D eigenvalue weighted by molar-refractivity contribution is -0.142. The van der Waals surface area contributed by atoms with Crippen molar-refractivity contribution >= 4 is 18.0 Å². The SMILES string of the molecule is O=C(CCNC(=O)c1ccccc1)OCC=Cc1ccccc1. The molecule has 0 aliphatic rings. The van der Waals surface area contributed by atoms with Gasteiger partial charge < -0.3 is 10.1 Å². The maximum atomic E-state index is 11.8. The van der Waals surface area contributed by atoms with Gasteiger partial charge in [0.05, 0.1) is 6.42 Å². The molecule has 2 rings (SSSR count). The Balaban J connectivity index is 1.62. The summed E-state index contributed by atoms with van der Waals surface area (Å²) in [4.78, 5) is 23.3. The molecule has 0 spiro atoms. The van der Waals surface area contributed by atoms with E-state index in [2.05, 4.69) is 5.32 Å². The van der Waals surface area contributed by atoms with Crippen LogP contribution in [0.15, 0.2) is 66.7 Å². The molecule has 23 heavy (non-hydrogen) atoms. The third-order valence-corrected chi connectivity index (χ3v) is 3.10. The van der Waals surface area contributed by atoms with Gasteiger partial charge in [-0.15, -0.1) is 0 Å². The van der Waals surface area contributed by atoms with Crippen molar-refractivity contribution in [2.75, 3.05) is 13.2 Å². The molecule has 0 radical (unpaired) electrons. The number of benzene rings is 2. The van der Waals surface area contributed by atoms with Gasteiger partial charge >= 0.3 is 5.97 Å². The van der Waals surface area contributed by atoms with Crippen molar-refractivity contribution in [1.29, 1.82) is 0 Å². The lowest BCUT2D eigenvalue weighted by atomic mass is 10.2. The minimum absolute atomic E-state index is 0.151. The Morgan fingerprint density at radius 1 is 0.957 bits per heavy atom. The summed E-state index contributed by atoms with van der Waals surface area (Å²) >= 11 is 0. The van der Waals surface area contributed by atoms with E-state index in [-0.39, 0.29) is 31.4 Å². The van der Waals surface area contributed by atoms with Crippen LogP contribution in [-0.4, -0.2) is 25.0 Å². The van der Waals surface area contributed by atoms with Gasteiger partial charge in [-0.3, -0.25) is 9.59 Å². The number of amides is 1. The van der Waals surface area contributed by atoms with Crippen molar-refractivity contribution in [3.8, 4) is 0 Å². The molecule has 0 aromatic heterocycles. The molecule has 2 aromatic carbocycles. The minimum atomic E-state index is -0.337. The van der Waals surface area contributed by atoms with E-state index in [4.69, 9.17) is 4.74 Å². The molecule has 0 atom stereocenters. The van der Waals surface area contributed by atoms with E-state index in [0.29, 0.717) is 5.56 Å². The van der Waals surface area contributed by atoms with Crippen LogP contribution < -0.4 is 5.32 Å². The molecule has 118 valence electrons. The molecular formula is C19H19NO3. The third-order valence-electron chi connectivity index (χ3n) is 3.10. The first kappa shape index (κ1) is 16.5. The maximum Gasteiger partial charge on any atom is 0.307 e. The Bertz CT molecular complexity index is 651. The topological polar surface area (TPSA) is 55.4 Å². The van der Waals surface area contributed by atoms with Crippen LogP contribution in [0.1, 0.15) is 22.3 Å². The zero-order valence-corrected chi connectivity index (χ0v) is 12.8. The van der Waals surface area contributed by atoms with Gasteiger partial charge in [-0.2, -0.15) is 0 Å². The molecule has 0 saturated carbocycles. The number of carbonyl (C=O) groups is 2. The molecule has 1 N–H and O–H groups in total. The van der Waals surface area contributed by atoms with Gasteiger partial charge in [0.15, 0.2) is 0 Å². The van der Waals surface area contributed by atoms with E-state index >= 15 is 0 Å². The first-order valence-electron chi connectivity index (χ1n) is 7.46. The van der Waals surface area contributed by atoms with E-state index in [1.165, 1.54) is 0 Å². The van der Waals surface area contributed by atoms with Crippen LogP contribution in [0.4, 0.5) is 0 Å². The van der Waals surface area contributed by atoms with Gasteiger partial charge in [-0.1, -0.05) is 54.6 Å². The van der Waals surface area contributed by atoms with Crippen molar-refractivity contribution in [3.05, 3.63) is 77.9 Å². The molecule has 0 heterocycles. The Hall–Kier alpha value is -2.88. The molecule has 0 bridgehead atoms. The Morgan fingerprint density at radius 2 is 1.61 bits per heavy atom. The lowest BCUT2D eigenvalue weighted by Gasteiger charge is -2.05. The molecule has 2 aromatic rings. The molecule has 0 fully saturated rings. The average Bonchev–Trinajstić information content (AvgIpc) is 2.60. The zero-order chi connectivity index (χ0) is 16.3. The minimum Gasteiger partial charge on any atom is -0.461 e. The van der Waals surface area contributed by atoms with Crippen LogP contribution in [0, 0.1) is 0 Å². The molecule has 0 saturated heterocycles. The fourth-order valence-corrected chi connectivity index (χ4v) is 1.93. The van der Waals surface area contributed by atoms with Crippen molar-refractivity contribution in [1.82, 2.24) is 5.32 Å². The summed E-state index contributed by atoms with van der Waals surface area (Å²) in [5.41, 5.74) is 1.63. The fourth-order valence-electron chi connectivity index (χ4n) is 1.93. The summed E-state index contributed by atoms with van der Waals surface area (Å²) in [7, 11) is 0. The number of rotatable bonds is 7. The molecule has 1 amide bonds. The monoisotopic (exact) mass is 309 g/mol. The highest BCUT2D eigenvalue weighted by atomic mass is 16.5. The highest BCUT2D eigenvalue weighted by molar-refractivity contribution is 5.94. The molecule has 4 heteroatoms. The molecule has 4 nitrogen and oxygen atoms in total. The second kappa shape index (κ2) is 9.20.